The molecular formula is C16H13N3O3. The number of nitrogens with zero attached hydrogens (tertiary/aromatic N) is 3. The number of fused-ring (bicyclic) bond motifs is 1. The lowest BCUT2D eigenvalue weighted by Gasteiger charge is -2.11. The molecule has 0 fully saturated rings. The highest BCUT2D eigenvalue weighted by molar-refractivity contribution is 5.94. The van der Waals surface area contributed by atoms with Crippen molar-refractivity contribution in [2.24, 2.45) is 0 Å². The molecule has 0 atom stereocenters. The summed E-state index contributed by atoms with van der Waals surface area (Å²) < 4.78 is 6.62. The first kappa shape index (κ1) is 13.9. The van der Waals surface area contributed by atoms with Crippen molar-refractivity contribution in [1.82, 2.24) is 14.5 Å². The summed E-state index contributed by atoms with van der Waals surface area (Å²) in [5.41, 5.74) is 0.279. The fraction of sp³-hybridized carbons (Fsp3) is 0.125. The summed E-state index contributed by atoms with van der Waals surface area (Å²) in [6.07, 6.45) is 6.12. The van der Waals surface area contributed by atoms with Gasteiger partial charge in [-0.1, -0.05) is 12.1 Å². The highest BCUT2D eigenvalue weighted by Gasteiger charge is 2.17. The quantitative estimate of drug-likeness (QED) is 0.690. The van der Waals surface area contributed by atoms with Gasteiger partial charge in [-0.05, 0) is 19.1 Å². The first-order valence-corrected chi connectivity index (χ1v) is 6.80. The molecule has 6 nitrogen and oxygen atoms in total. The van der Waals surface area contributed by atoms with Gasteiger partial charge in [-0.15, -0.1) is 0 Å². The summed E-state index contributed by atoms with van der Waals surface area (Å²) in [5.74, 6) is -0.125. The Bertz CT molecular complexity index is 888. The summed E-state index contributed by atoms with van der Waals surface area (Å²) >= 11 is 0. The van der Waals surface area contributed by atoms with Gasteiger partial charge in [0.2, 0.25) is 5.43 Å². The molecule has 0 saturated carbocycles. The molecule has 0 saturated heterocycles. The number of esters is 1. The van der Waals surface area contributed by atoms with E-state index in [9.17, 15) is 9.59 Å². The van der Waals surface area contributed by atoms with Crippen LogP contribution in [0.2, 0.25) is 0 Å². The number of carbonyl (C=O) groups is 1. The number of ether oxygens (including phenoxy) is 1. The molecule has 0 radical (unpaired) electrons. The van der Waals surface area contributed by atoms with E-state index in [0.717, 1.165) is 0 Å². The Labute approximate surface area is 126 Å². The first-order valence-electron chi connectivity index (χ1n) is 6.80. The molecule has 0 unspecified atom stereocenters. The molecule has 2 aromatic heterocycles. The molecule has 0 aliphatic heterocycles. The van der Waals surface area contributed by atoms with E-state index < -0.39 is 5.97 Å². The SMILES string of the molecule is CCOC(=O)c1cn(-c2cnccn2)c2ccccc2c1=O. The topological polar surface area (TPSA) is 74.1 Å². The number of para-hydroxylation sites is 1. The van der Waals surface area contributed by atoms with E-state index in [2.05, 4.69) is 9.97 Å². The smallest absolute Gasteiger partial charge is 0.343 e. The second kappa shape index (κ2) is 5.77. The maximum absolute atomic E-state index is 12.5. The summed E-state index contributed by atoms with van der Waals surface area (Å²) in [4.78, 5) is 32.7. The minimum atomic E-state index is -0.643. The average molecular weight is 295 g/mol. The van der Waals surface area contributed by atoms with Gasteiger partial charge in [-0.3, -0.25) is 14.3 Å². The van der Waals surface area contributed by atoms with Crippen LogP contribution in [0.15, 0.2) is 53.8 Å². The summed E-state index contributed by atoms with van der Waals surface area (Å²) in [6, 6.07) is 7.03. The van der Waals surface area contributed by atoms with E-state index in [1.54, 1.807) is 48.3 Å². The Morgan fingerprint density at radius 3 is 2.82 bits per heavy atom. The van der Waals surface area contributed by atoms with Crippen molar-refractivity contribution < 1.29 is 9.53 Å². The van der Waals surface area contributed by atoms with Gasteiger partial charge in [0.05, 0.1) is 18.3 Å². The van der Waals surface area contributed by atoms with Gasteiger partial charge in [0, 0.05) is 24.0 Å². The van der Waals surface area contributed by atoms with Gasteiger partial charge in [0.1, 0.15) is 5.56 Å². The van der Waals surface area contributed by atoms with Crippen molar-refractivity contribution in [3.63, 3.8) is 0 Å². The fourth-order valence-electron chi connectivity index (χ4n) is 2.24. The lowest BCUT2D eigenvalue weighted by molar-refractivity contribution is 0.0524. The van der Waals surface area contributed by atoms with Crippen molar-refractivity contribution in [1.29, 1.82) is 0 Å². The molecule has 3 aromatic rings. The Hall–Kier alpha value is -3.02. The van der Waals surface area contributed by atoms with Gasteiger partial charge < -0.3 is 4.74 Å². The van der Waals surface area contributed by atoms with Gasteiger partial charge >= 0.3 is 5.97 Å². The highest BCUT2D eigenvalue weighted by Crippen LogP contribution is 2.16. The number of pyridine rings is 1. The van der Waals surface area contributed by atoms with E-state index in [4.69, 9.17) is 4.74 Å². The predicted octanol–water partition coefficient (Wildman–Crippen LogP) is 1.96. The molecule has 0 spiro atoms. The van der Waals surface area contributed by atoms with E-state index in [1.807, 2.05) is 6.07 Å². The maximum Gasteiger partial charge on any atom is 0.343 e. The van der Waals surface area contributed by atoms with Crippen molar-refractivity contribution in [2.45, 2.75) is 6.92 Å². The zero-order valence-corrected chi connectivity index (χ0v) is 11.9. The van der Waals surface area contributed by atoms with Crippen LogP contribution in [-0.2, 0) is 4.74 Å². The molecule has 0 aliphatic carbocycles. The number of rotatable bonds is 3. The monoisotopic (exact) mass is 295 g/mol. The van der Waals surface area contributed by atoms with Crippen LogP contribution in [0.4, 0.5) is 0 Å². The molecule has 1 aromatic carbocycles. The Morgan fingerprint density at radius 1 is 1.27 bits per heavy atom. The van der Waals surface area contributed by atoms with Crippen molar-refractivity contribution in [3.8, 4) is 5.82 Å². The van der Waals surface area contributed by atoms with E-state index in [0.29, 0.717) is 16.7 Å². The van der Waals surface area contributed by atoms with Crippen LogP contribution in [0.3, 0.4) is 0 Å². The summed E-state index contributed by atoms with van der Waals surface area (Å²) in [7, 11) is 0. The van der Waals surface area contributed by atoms with Gasteiger partial charge in [-0.25, -0.2) is 9.78 Å². The second-order valence-corrected chi connectivity index (χ2v) is 4.54. The fourth-order valence-corrected chi connectivity index (χ4v) is 2.24. The van der Waals surface area contributed by atoms with Crippen LogP contribution in [0.25, 0.3) is 16.7 Å². The third-order valence-corrected chi connectivity index (χ3v) is 3.20. The molecule has 3 rings (SSSR count). The number of aromatic nitrogens is 3. The largest absolute Gasteiger partial charge is 0.462 e. The van der Waals surface area contributed by atoms with Crippen LogP contribution in [0.5, 0.6) is 0 Å². The normalized spacial score (nSPS) is 10.6. The van der Waals surface area contributed by atoms with E-state index in [-0.39, 0.29) is 17.6 Å². The molecule has 0 amide bonds. The maximum atomic E-state index is 12.5. The molecule has 0 N–H and O–H groups in total. The first-order chi connectivity index (χ1) is 10.7. The Balaban J connectivity index is 2.34. The predicted molar refractivity (Wildman–Crippen MR) is 81.1 cm³/mol. The molecule has 6 heteroatoms. The van der Waals surface area contributed by atoms with Crippen LogP contribution < -0.4 is 5.43 Å². The molecule has 22 heavy (non-hydrogen) atoms. The minimum Gasteiger partial charge on any atom is -0.462 e. The summed E-state index contributed by atoms with van der Waals surface area (Å²) in [6.45, 7) is 1.90. The average Bonchev–Trinajstić information content (AvgIpc) is 2.56. The standard InChI is InChI=1S/C16H13N3O3/c1-2-22-16(21)12-10-19(14-9-17-7-8-18-14)13-6-4-3-5-11(13)15(12)20/h3-10H,2H2,1H3. The van der Waals surface area contributed by atoms with Crippen molar-refractivity contribution >= 4 is 16.9 Å². The van der Waals surface area contributed by atoms with Crippen LogP contribution in [0.1, 0.15) is 17.3 Å². The molecule has 0 bridgehead atoms. The number of hydrogen-bond acceptors (Lipinski definition) is 5. The van der Waals surface area contributed by atoms with E-state index in [1.165, 1.54) is 6.20 Å². The minimum absolute atomic E-state index is 0.0220. The van der Waals surface area contributed by atoms with Gasteiger partial charge in [0.25, 0.3) is 0 Å². The second-order valence-electron chi connectivity index (χ2n) is 4.54. The van der Waals surface area contributed by atoms with Gasteiger partial charge in [0.15, 0.2) is 5.82 Å². The third-order valence-electron chi connectivity index (χ3n) is 3.20. The summed E-state index contributed by atoms with van der Waals surface area (Å²) in [5, 5.41) is 0.429. The molecular weight excluding hydrogens is 282 g/mol. The number of benzene rings is 1. The Morgan fingerprint density at radius 2 is 2.09 bits per heavy atom. The lowest BCUT2D eigenvalue weighted by atomic mass is 10.1. The molecule has 110 valence electrons. The zero-order valence-electron chi connectivity index (χ0n) is 11.9. The van der Waals surface area contributed by atoms with E-state index >= 15 is 0 Å². The van der Waals surface area contributed by atoms with Crippen molar-refractivity contribution in [2.75, 3.05) is 6.61 Å². The molecule has 0 aliphatic rings. The third kappa shape index (κ3) is 2.35. The van der Waals surface area contributed by atoms with Crippen LogP contribution >= 0.6 is 0 Å². The zero-order chi connectivity index (χ0) is 15.5. The highest BCUT2D eigenvalue weighted by atomic mass is 16.5. The number of hydrogen-bond donors (Lipinski definition) is 0. The molecule has 2 heterocycles. The lowest BCUT2D eigenvalue weighted by Crippen LogP contribution is -2.20. The van der Waals surface area contributed by atoms with Crippen LogP contribution in [-0.4, -0.2) is 27.1 Å². The van der Waals surface area contributed by atoms with Gasteiger partial charge in [-0.2, -0.15) is 0 Å². The van der Waals surface area contributed by atoms with Crippen LogP contribution in [0, 0.1) is 0 Å². The Kier molecular flexibility index (Phi) is 3.65. The number of carbonyl (C=O) groups excluding carboxylic acids is 1. The van der Waals surface area contributed by atoms with Crippen molar-refractivity contribution in [3.05, 3.63) is 64.8 Å².